The van der Waals surface area contributed by atoms with Crippen molar-refractivity contribution in [3.8, 4) is 0 Å². The molecule has 0 radical (unpaired) electrons. The second-order valence-electron chi connectivity index (χ2n) is 4.54. The highest BCUT2D eigenvalue weighted by atomic mass is 16.5. The smallest absolute Gasteiger partial charge is 0.327 e. The van der Waals surface area contributed by atoms with Crippen molar-refractivity contribution in [2.45, 2.75) is 31.8 Å². The first-order chi connectivity index (χ1) is 8.77. The van der Waals surface area contributed by atoms with Crippen molar-refractivity contribution < 1.29 is 9.53 Å². The van der Waals surface area contributed by atoms with Crippen LogP contribution in [0.5, 0.6) is 0 Å². The highest BCUT2D eigenvalue weighted by molar-refractivity contribution is 5.79. The maximum Gasteiger partial charge on any atom is 0.327 e. The largest absolute Gasteiger partial charge is 0.464 e. The number of rotatable bonds is 5. The first-order valence-corrected chi connectivity index (χ1v) is 6.49. The Hall–Kier alpha value is -1.39. The van der Waals surface area contributed by atoms with E-state index in [1.165, 1.54) is 0 Å². The lowest BCUT2D eigenvalue weighted by molar-refractivity contribution is -0.146. The van der Waals surface area contributed by atoms with E-state index in [0.717, 1.165) is 24.0 Å². The maximum absolute atomic E-state index is 12.0. The number of benzene rings is 1. The summed E-state index contributed by atoms with van der Waals surface area (Å²) in [6, 6.07) is 7.55. The van der Waals surface area contributed by atoms with Crippen LogP contribution in [0.2, 0.25) is 0 Å². The van der Waals surface area contributed by atoms with Gasteiger partial charge >= 0.3 is 5.97 Å². The maximum atomic E-state index is 12.0. The molecule has 1 aromatic rings. The van der Waals surface area contributed by atoms with E-state index in [2.05, 4.69) is 12.2 Å². The van der Waals surface area contributed by atoms with Crippen molar-refractivity contribution in [2.75, 3.05) is 13.2 Å². The number of hydrogen-bond donors (Lipinski definition) is 2. The molecule has 18 heavy (non-hydrogen) atoms. The predicted molar refractivity (Wildman–Crippen MR) is 70.0 cm³/mol. The molecule has 3 N–H and O–H groups in total. The van der Waals surface area contributed by atoms with Gasteiger partial charge in [-0.15, -0.1) is 0 Å². The van der Waals surface area contributed by atoms with E-state index >= 15 is 0 Å². The molecule has 1 aliphatic rings. The van der Waals surface area contributed by atoms with Crippen LogP contribution in [0.3, 0.4) is 0 Å². The molecule has 0 saturated heterocycles. The first kappa shape index (κ1) is 13.1. The van der Waals surface area contributed by atoms with Crippen LogP contribution in [-0.2, 0) is 9.53 Å². The van der Waals surface area contributed by atoms with E-state index in [9.17, 15) is 4.79 Å². The Morgan fingerprint density at radius 1 is 1.39 bits per heavy atom. The van der Waals surface area contributed by atoms with E-state index < -0.39 is 0 Å². The standard InChI is InChI=1S/C14H20N2O2/c1-2-3-8-18-14(17)13-11-7-5-4-6-10(11)12(9-15)16-13/h4-7,12-13,16H,2-3,8-9,15H2,1H3. The summed E-state index contributed by atoms with van der Waals surface area (Å²) in [5.74, 6) is -0.202. The summed E-state index contributed by atoms with van der Waals surface area (Å²) in [7, 11) is 0. The molecule has 1 heterocycles. The van der Waals surface area contributed by atoms with Gasteiger partial charge in [0.25, 0.3) is 0 Å². The van der Waals surface area contributed by atoms with Crippen molar-refractivity contribution in [1.29, 1.82) is 0 Å². The molecule has 2 atom stereocenters. The first-order valence-electron chi connectivity index (χ1n) is 6.49. The number of carbonyl (C=O) groups excluding carboxylic acids is 1. The lowest BCUT2D eigenvalue weighted by atomic mass is 10.0. The topological polar surface area (TPSA) is 64.3 Å². The second kappa shape index (κ2) is 5.98. The SMILES string of the molecule is CCCCOC(=O)C1NC(CN)c2ccccc21. The van der Waals surface area contributed by atoms with Crippen LogP contribution in [-0.4, -0.2) is 19.1 Å². The summed E-state index contributed by atoms with van der Waals surface area (Å²) in [5.41, 5.74) is 7.82. The van der Waals surface area contributed by atoms with Gasteiger partial charge in [0.2, 0.25) is 0 Å². The van der Waals surface area contributed by atoms with Crippen LogP contribution < -0.4 is 11.1 Å². The fourth-order valence-electron chi connectivity index (χ4n) is 2.26. The zero-order chi connectivity index (χ0) is 13.0. The summed E-state index contributed by atoms with van der Waals surface area (Å²) in [4.78, 5) is 12.0. The monoisotopic (exact) mass is 248 g/mol. The minimum atomic E-state index is -0.369. The van der Waals surface area contributed by atoms with Gasteiger partial charge in [0.15, 0.2) is 0 Å². The van der Waals surface area contributed by atoms with Crippen molar-refractivity contribution >= 4 is 5.97 Å². The molecule has 1 aliphatic heterocycles. The Kier molecular flexibility index (Phi) is 4.33. The van der Waals surface area contributed by atoms with Gasteiger partial charge in [-0.1, -0.05) is 37.6 Å². The average molecular weight is 248 g/mol. The van der Waals surface area contributed by atoms with Crippen LogP contribution in [0.4, 0.5) is 0 Å². The Balaban J connectivity index is 2.09. The van der Waals surface area contributed by atoms with Gasteiger partial charge in [-0.2, -0.15) is 0 Å². The van der Waals surface area contributed by atoms with Crippen molar-refractivity contribution in [3.05, 3.63) is 35.4 Å². The third-order valence-corrected chi connectivity index (χ3v) is 3.26. The summed E-state index contributed by atoms with van der Waals surface area (Å²) < 4.78 is 5.27. The molecule has 0 bridgehead atoms. The minimum absolute atomic E-state index is 0.0462. The van der Waals surface area contributed by atoms with Gasteiger partial charge in [0.05, 0.1) is 6.61 Å². The second-order valence-corrected chi connectivity index (χ2v) is 4.54. The van der Waals surface area contributed by atoms with E-state index in [-0.39, 0.29) is 18.1 Å². The highest BCUT2D eigenvalue weighted by Crippen LogP contribution is 2.32. The van der Waals surface area contributed by atoms with Crippen molar-refractivity contribution in [1.82, 2.24) is 5.32 Å². The minimum Gasteiger partial charge on any atom is -0.464 e. The van der Waals surface area contributed by atoms with E-state index in [0.29, 0.717) is 13.2 Å². The molecule has 0 aromatic heterocycles. The fourth-order valence-corrected chi connectivity index (χ4v) is 2.26. The van der Waals surface area contributed by atoms with Crippen LogP contribution >= 0.6 is 0 Å². The van der Waals surface area contributed by atoms with Crippen LogP contribution in [0.25, 0.3) is 0 Å². The predicted octanol–water partition coefficient (Wildman–Crippen LogP) is 1.67. The normalized spacial score (nSPS) is 21.7. The fraction of sp³-hybridized carbons (Fsp3) is 0.500. The quantitative estimate of drug-likeness (QED) is 0.614. The number of unbranched alkanes of at least 4 members (excludes halogenated alkanes) is 1. The van der Waals surface area contributed by atoms with E-state index in [1.54, 1.807) is 0 Å². The molecule has 0 amide bonds. The molecule has 2 unspecified atom stereocenters. The molecule has 0 aliphatic carbocycles. The molecule has 4 nitrogen and oxygen atoms in total. The number of esters is 1. The van der Waals surface area contributed by atoms with Crippen LogP contribution in [0, 0.1) is 0 Å². The Labute approximate surface area is 108 Å². The summed E-state index contributed by atoms with van der Waals surface area (Å²) >= 11 is 0. The highest BCUT2D eigenvalue weighted by Gasteiger charge is 2.34. The number of fused-ring (bicyclic) bond motifs is 1. The van der Waals surface area contributed by atoms with E-state index in [1.807, 2.05) is 24.3 Å². The summed E-state index contributed by atoms with van der Waals surface area (Å²) in [6.07, 6.45) is 1.92. The van der Waals surface area contributed by atoms with Gasteiger partial charge in [-0.3, -0.25) is 5.32 Å². The number of nitrogens with one attached hydrogen (secondary N) is 1. The van der Waals surface area contributed by atoms with Crippen molar-refractivity contribution in [2.24, 2.45) is 5.73 Å². The number of hydrogen-bond acceptors (Lipinski definition) is 4. The van der Waals surface area contributed by atoms with Gasteiger partial charge in [-0.05, 0) is 17.5 Å². The van der Waals surface area contributed by atoms with Gasteiger partial charge in [-0.25, -0.2) is 4.79 Å². The number of nitrogens with two attached hydrogens (primary N) is 1. The third kappa shape index (κ3) is 2.54. The molecule has 0 spiro atoms. The lowest BCUT2D eigenvalue weighted by Crippen LogP contribution is -2.30. The van der Waals surface area contributed by atoms with Gasteiger partial charge < -0.3 is 10.5 Å². The van der Waals surface area contributed by atoms with Crippen LogP contribution in [0.15, 0.2) is 24.3 Å². The Morgan fingerprint density at radius 3 is 2.78 bits per heavy atom. The lowest BCUT2D eigenvalue weighted by Gasteiger charge is -2.13. The molecule has 0 saturated carbocycles. The van der Waals surface area contributed by atoms with Gasteiger partial charge in [0, 0.05) is 12.6 Å². The summed E-state index contributed by atoms with van der Waals surface area (Å²) in [6.45, 7) is 3.04. The molecule has 98 valence electrons. The molecule has 4 heteroatoms. The molecular formula is C14H20N2O2. The van der Waals surface area contributed by atoms with Crippen molar-refractivity contribution in [3.63, 3.8) is 0 Å². The molecular weight excluding hydrogens is 228 g/mol. The van der Waals surface area contributed by atoms with Gasteiger partial charge in [0.1, 0.15) is 6.04 Å². The Bertz CT molecular complexity index is 420. The van der Waals surface area contributed by atoms with Crippen LogP contribution in [0.1, 0.15) is 43.0 Å². The zero-order valence-corrected chi connectivity index (χ0v) is 10.7. The van der Waals surface area contributed by atoms with E-state index in [4.69, 9.17) is 10.5 Å². The molecule has 0 fully saturated rings. The summed E-state index contributed by atoms with van der Waals surface area (Å²) in [5, 5.41) is 3.23. The third-order valence-electron chi connectivity index (χ3n) is 3.26. The number of ether oxygens (including phenoxy) is 1. The average Bonchev–Trinajstić information content (AvgIpc) is 2.78. The number of carbonyl (C=O) groups is 1. The molecule has 1 aromatic carbocycles. The zero-order valence-electron chi connectivity index (χ0n) is 10.7. The molecule has 2 rings (SSSR count). The Morgan fingerprint density at radius 2 is 2.11 bits per heavy atom.